The first-order valence-electron chi connectivity index (χ1n) is 7.53. The predicted molar refractivity (Wildman–Crippen MR) is 79.6 cm³/mol. The topological polar surface area (TPSA) is 50.4 Å². The Morgan fingerprint density at radius 1 is 1.38 bits per heavy atom. The third kappa shape index (κ3) is 3.41. The lowest BCUT2D eigenvalue weighted by atomic mass is 9.89. The van der Waals surface area contributed by atoms with Crippen molar-refractivity contribution in [1.82, 2.24) is 10.6 Å². The van der Waals surface area contributed by atoms with Gasteiger partial charge in [0.2, 0.25) is 0 Å². The molecule has 116 valence electrons. The van der Waals surface area contributed by atoms with Gasteiger partial charge in [0.1, 0.15) is 5.82 Å². The SMILES string of the molecule is CC.COC1CC(NCc2cc(F)c3c(c2)C(=O)NC3)C1. The van der Waals surface area contributed by atoms with Crippen LogP contribution in [-0.2, 0) is 17.8 Å². The molecule has 1 heterocycles. The fourth-order valence-electron chi connectivity index (χ4n) is 2.63. The molecule has 21 heavy (non-hydrogen) atoms. The van der Waals surface area contributed by atoms with Crippen molar-refractivity contribution in [3.05, 3.63) is 34.6 Å². The minimum absolute atomic E-state index is 0.182. The summed E-state index contributed by atoms with van der Waals surface area (Å²) in [4.78, 5) is 11.5. The molecule has 3 rings (SSSR count). The van der Waals surface area contributed by atoms with E-state index in [2.05, 4.69) is 10.6 Å². The zero-order valence-electron chi connectivity index (χ0n) is 12.8. The van der Waals surface area contributed by atoms with Crippen LogP contribution in [0.4, 0.5) is 4.39 Å². The number of rotatable bonds is 4. The van der Waals surface area contributed by atoms with E-state index in [1.54, 1.807) is 13.2 Å². The molecule has 1 aromatic carbocycles. The van der Waals surface area contributed by atoms with Gasteiger partial charge in [-0.2, -0.15) is 0 Å². The van der Waals surface area contributed by atoms with Crippen LogP contribution in [0.3, 0.4) is 0 Å². The quantitative estimate of drug-likeness (QED) is 0.896. The first-order chi connectivity index (χ1) is 10.2. The van der Waals surface area contributed by atoms with Crippen molar-refractivity contribution in [3.8, 4) is 0 Å². The average molecular weight is 294 g/mol. The number of hydrogen-bond acceptors (Lipinski definition) is 3. The van der Waals surface area contributed by atoms with Gasteiger partial charge in [-0.3, -0.25) is 4.79 Å². The van der Waals surface area contributed by atoms with Gasteiger partial charge in [0.25, 0.3) is 5.91 Å². The molecule has 0 aromatic heterocycles. The van der Waals surface area contributed by atoms with Gasteiger partial charge in [0.15, 0.2) is 0 Å². The van der Waals surface area contributed by atoms with Gasteiger partial charge in [-0.1, -0.05) is 13.8 Å². The molecule has 1 saturated carbocycles. The number of benzene rings is 1. The number of hydrogen-bond donors (Lipinski definition) is 2. The molecule has 1 aliphatic carbocycles. The number of carbonyl (C=O) groups excluding carboxylic acids is 1. The second-order valence-corrected chi connectivity index (χ2v) is 5.19. The number of methoxy groups -OCH3 is 1. The largest absolute Gasteiger partial charge is 0.381 e. The summed E-state index contributed by atoms with van der Waals surface area (Å²) < 4.78 is 19.0. The van der Waals surface area contributed by atoms with E-state index >= 15 is 0 Å². The average Bonchev–Trinajstić information content (AvgIpc) is 2.82. The maximum atomic E-state index is 13.8. The second kappa shape index (κ2) is 7.00. The molecule has 1 aliphatic heterocycles. The number of ether oxygens (including phenoxy) is 1. The highest BCUT2D eigenvalue weighted by Crippen LogP contribution is 2.24. The summed E-state index contributed by atoms with van der Waals surface area (Å²) in [5, 5.41) is 5.99. The lowest BCUT2D eigenvalue weighted by Crippen LogP contribution is -2.44. The number of halogens is 1. The number of amides is 1. The molecule has 2 aliphatic rings. The van der Waals surface area contributed by atoms with Crippen molar-refractivity contribution >= 4 is 5.91 Å². The van der Waals surface area contributed by atoms with Gasteiger partial charge in [0, 0.05) is 37.4 Å². The Bertz CT molecular complexity index is 513. The van der Waals surface area contributed by atoms with Gasteiger partial charge in [-0.15, -0.1) is 0 Å². The number of carbonyl (C=O) groups is 1. The first-order valence-corrected chi connectivity index (χ1v) is 7.53. The van der Waals surface area contributed by atoms with E-state index in [-0.39, 0.29) is 11.7 Å². The normalized spacial score (nSPS) is 22.8. The van der Waals surface area contributed by atoms with Gasteiger partial charge >= 0.3 is 0 Å². The van der Waals surface area contributed by atoms with Crippen LogP contribution in [0, 0.1) is 5.82 Å². The van der Waals surface area contributed by atoms with Gasteiger partial charge < -0.3 is 15.4 Å². The van der Waals surface area contributed by atoms with E-state index in [4.69, 9.17) is 4.74 Å². The maximum Gasteiger partial charge on any atom is 0.252 e. The predicted octanol–water partition coefficient (Wildman–Crippen LogP) is 2.36. The third-order valence-electron chi connectivity index (χ3n) is 3.95. The van der Waals surface area contributed by atoms with E-state index < -0.39 is 0 Å². The van der Waals surface area contributed by atoms with E-state index in [1.165, 1.54) is 6.07 Å². The Balaban J connectivity index is 0.000000774. The monoisotopic (exact) mass is 294 g/mol. The summed E-state index contributed by atoms with van der Waals surface area (Å²) in [5.74, 6) is -0.477. The summed E-state index contributed by atoms with van der Waals surface area (Å²) in [6.07, 6.45) is 2.33. The molecular weight excluding hydrogens is 271 g/mol. The van der Waals surface area contributed by atoms with E-state index in [0.29, 0.717) is 36.4 Å². The molecule has 1 aromatic rings. The molecule has 0 unspecified atom stereocenters. The molecule has 1 fully saturated rings. The van der Waals surface area contributed by atoms with Crippen molar-refractivity contribution in [2.75, 3.05) is 7.11 Å². The van der Waals surface area contributed by atoms with Crippen LogP contribution in [0.25, 0.3) is 0 Å². The summed E-state index contributed by atoms with van der Waals surface area (Å²) >= 11 is 0. The van der Waals surface area contributed by atoms with Crippen LogP contribution in [0.1, 0.15) is 48.2 Å². The second-order valence-electron chi connectivity index (χ2n) is 5.19. The fraction of sp³-hybridized carbons (Fsp3) is 0.562. The molecule has 0 spiro atoms. The third-order valence-corrected chi connectivity index (χ3v) is 3.95. The molecule has 2 N–H and O–H groups in total. The first kappa shape index (κ1) is 15.9. The van der Waals surface area contributed by atoms with Crippen molar-refractivity contribution < 1.29 is 13.9 Å². The minimum atomic E-state index is -0.295. The smallest absolute Gasteiger partial charge is 0.252 e. The van der Waals surface area contributed by atoms with Crippen molar-refractivity contribution in [2.45, 2.75) is 51.9 Å². The molecule has 4 nitrogen and oxygen atoms in total. The van der Waals surface area contributed by atoms with Crippen LogP contribution in [-0.4, -0.2) is 25.2 Å². The Kier molecular flexibility index (Phi) is 5.31. The summed E-state index contributed by atoms with van der Waals surface area (Å²) in [6.45, 7) is 4.88. The summed E-state index contributed by atoms with van der Waals surface area (Å²) in [6, 6.07) is 3.72. The van der Waals surface area contributed by atoms with Crippen LogP contribution >= 0.6 is 0 Å². The molecule has 0 bridgehead atoms. The van der Waals surface area contributed by atoms with E-state index in [0.717, 1.165) is 18.4 Å². The highest BCUT2D eigenvalue weighted by molar-refractivity contribution is 5.98. The highest BCUT2D eigenvalue weighted by atomic mass is 19.1. The van der Waals surface area contributed by atoms with Crippen molar-refractivity contribution in [1.29, 1.82) is 0 Å². The standard InChI is InChI=1S/C14H17FN2O2.C2H6/c1-19-10-4-9(5-10)16-6-8-2-11-12(13(15)3-8)7-17-14(11)18;1-2/h2-3,9-10,16H,4-7H2,1H3,(H,17,18);1-2H3. The molecule has 0 radical (unpaired) electrons. The molecular formula is C16H23FN2O2. The van der Waals surface area contributed by atoms with Gasteiger partial charge in [0.05, 0.1) is 6.10 Å². The summed E-state index contributed by atoms with van der Waals surface area (Å²) in [7, 11) is 1.72. The number of fused-ring (bicyclic) bond motifs is 1. The Morgan fingerprint density at radius 2 is 2.10 bits per heavy atom. The fourth-order valence-corrected chi connectivity index (χ4v) is 2.63. The van der Waals surface area contributed by atoms with Crippen LogP contribution in [0.15, 0.2) is 12.1 Å². The zero-order chi connectivity index (χ0) is 15.4. The van der Waals surface area contributed by atoms with Crippen molar-refractivity contribution in [2.24, 2.45) is 0 Å². The molecule has 0 saturated heterocycles. The van der Waals surface area contributed by atoms with E-state index in [1.807, 2.05) is 13.8 Å². The lowest BCUT2D eigenvalue weighted by molar-refractivity contribution is 0.0170. The van der Waals surface area contributed by atoms with E-state index in [9.17, 15) is 9.18 Å². The lowest BCUT2D eigenvalue weighted by Gasteiger charge is -2.34. The Hall–Kier alpha value is -1.46. The van der Waals surface area contributed by atoms with Crippen LogP contribution in [0.2, 0.25) is 0 Å². The molecule has 1 amide bonds. The van der Waals surface area contributed by atoms with Crippen LogP contribution in [0.5, 0.6) is 0 Å². The van der Waals surface area contributed by atoms with Crippen molar-refractivity contribution in [3.63, 3.8) is 0 Å². The maximum absolute atomic E-state index is 13.8. The van der Waals surface area contributed by atoms with Crippen LogP contribution < -0.4 is 10.6 Å². The minimum Gasteiger partial charge on any atom is -0.381 e. The molecule has 5 heteroatoms. The molecule has 0 atom stereocenters. The zero-order valence-corrected chi connectivity index (χ0v) is 12.8. The Labute approximate surface area is 125 Å². The highest BCUT2D eigenvalue weighted by Gasteiger charge is 2.28. The number of nitrogens with one attached hydrogen (secondary N) is 2. The van der Waals surface area contributed by atoms with Gasteiger partial charge in [-0.05, 0) is 30.5 Å². The van der Waals surface area contributed by atoms with Gasteiger partial charge in [-0.25, -0.2) is 4.39 Å². The summed E-state index contributed by atoms with van der Waals surface area (Å²) in [5.41, 5.74) is 1.77. The Morgan fingerprint density at radius 3 is 2.76 bits per heavy atom.